The minimum absolute atomic E-state index is 0. The van der Waals surface area contributed by atoms with Crippen LogP contribution in [0.1, 0.15) is 45.2 Å². The molecule has 9 heteroatoms. The number of benzene rings is 1. The number of hydrogen-bond donors (Lipinski definition) is 1. The number of rotatable bonds is 8. The smallest absolute Gasteiger partial charge is 0.126 e. The second kappa shape index (κ2) is 12.0. The molecule has 0 bridgehead atoms. The molecule has 1 aromatic heterocycles. The SMILES string of the molecule is C=CCOc1cc(Cl)c(Cl)cc1C(NSC(C)(C)C)C1CCN(c2cn[n-]c2)CC1.[Ir]. The third-order valence-electron chi connectivity index (χ3n) is 5.06. The molecule has 1 aliphatic rings. The van der Waals surface area contributed by atoms with E-state index in [-0.39, 0.29) is 30.9 Å². The van der Waals surface area contributed by atoms with Crippen LogP contribution in [0.2, 0.25) is 10.0 Å². The molecule has 0 saturated carbocycles. The van der Waals surface area contributed by atoms with Gasteiger partial charge in [0.1, 0.15) is 12.4 Å². The van der Waals surface area contributed by atoms with E-state index >= 15 is 0 Å². The molecule has 1 saturated heterocycles. The van der Waals surface area contributed by atoms with Gasteiger partial charge in [-0.25, -0.2) is 0 Å². The number of ether oxygens (including phenoxy) is 1. The summed E-state index contributed by atoms with van der Waals surface area (Å²) in [5, 5.41) is 8.94. The zero-order valence-corrected chi connectivity index (χ0v) is 22.8. The van der Waals surface area contributed by atoms with E-state index < -0.39 is 0 Å². The minimum atomic E-state index is 0. The van der Waals surface area contributed by atoms with Crippen molar-refractivity contribution in [2.75, 3.05) is 24.6 Å². The van der Waals surface area contributed by atoms with E-state index in [1.807, 2.05) is 24.5 Å². The number of aromatic nitrogens is 2. The fourth-order valence-electron chi connectivity index (χ4n) is 3.59. The Morgan fingerprint density at radius 3 is 2.58 bits per heavy atom. The first-order chi connectivity index (χ1) is 14.3. The monoisotopic (exact) mass is 660 g/mol. The largest absolute Gasteiger partial charge is 0.580 e. The maximum atomic E-state index is 6.42. The number of anilines is 1. The van der Waals surface area contributed by atoms with Gasteiger partial charge in [0.05, 0.1) is 10.0 Å². The summed E-state index contributed by atoms with van der Waals surface area (Å²) in [6.07, 6.45) is 7.46. The van der Waals surface area contributed by atoms with Gasteiger partial charge in [0, 0.05) is 67.5 Å². The van der Waals surface area contributed by atoms with Gasteiger partial charge >= 0.3 is 0 Å². The molecular weight excluding hydrogens is 631 g/mol. The van der Waals surface area contributed by atoms with Crippen molar-refractivity contribution in [1.29, 1.82) is 0 Å². The van der Waals surface area contributed by atoms with E-state index in [1.54, 1.807) is 18.0 Å². The predicted molar refractivity (Wildman–Crippen MR) is 128 cm³/mol. The van der Waals surface area contributed by atoms with E-state index in [4.69, 9.17) is 27.9 Å². The van der Waals surface area contributed by atoms with E-state index in [0.29, 0.717) is 22.6 Å². The number of nitrogens with zero attached hydrogens (tertiary/aromatic N) is 3. The molecule has 0 spiro atoms. The molecule has 173 valence electrons. The van der Waals surface area contributed by atoms with Crippen molar-refractivity contribution in [3.05, 3.63) is 52.8 Å². The summed E-state index contributed by atoms with van der Waals surface area (Å²) < 4.78 is 9.77. The van der Waals surface area contributed by atoms with Crippen LogP contribution in [0.15, 0.2) is 37.2 Å². The average molecular weight is 661 g/mol. The van der Waals surface area contributed by atoms with Crippen LogP contribution in [0.4, 0.5) is 5.69 Å². The molecule has 1 aromatic carbocycles. The average Bonchev–Trinajstić information content (AvgIpc) is 3.24. The van der Waals surface area contributed by atoms with Gasteiger partial charge in [-0.15, -0.1) is 6.20 Å². The maximum absolute atomic E-state index is 6.42. The fourth-order valence-corrected chi connectivity index (χ4v) is 4.71. The summed E-state index contributed by atoms with van der Waals surface area (Å²) in [4.78, 5) is 2.34. The van der Waals surface area contributed by atoms with E-state index in [2.05, 4.69) is 47.2 Å². The second-order valence-corrected chi connectivity index (χ2v) is 10.9. The van der Waals surface area contributed by atoms with Crippen LogP contribution in [-0.4, -0.2) is 29.5 Å². The van der Waals surface area contributed by atoms with Crippen LogP contribution in [0.25, 0.3) is 0 Å². The van der Waals surface area contributed by atoms with Crippen LogP contribution in [0, 0.1) is 5.92 Å². The van der Waals surface area contributed by atoms with E-state index in [9.17, 15) is 0 Å². The second-order valence-electron chi connectivity index (χ2n) is 8.45. The summed E-state index contributed by atoms with van der Waals surface area (Å²) in [6.45, 7) is 12.7. The zero-order chi connectivity index (χ0) is 21.7. The number of hydrogen-bond acceptors (Lipinski definition) is 5. The van der Waals surface area contributed by atoms with Gasteiger partial charge in [-0.05, 0) is 45.6 Å². The van der Waals surface area contributed by atoms with Crippen molar-refractivity contribution < 1.29 is 24.8 Å². The normalized spacial score (nSPS) is 16.0. The predicted octanol–water partition coefficient (Wildman–Crippen LogP) is 5.90. The number of piperidine rings is 1. The van der Waals surface area contributed by atoms with Crippen LogP contribution in [0.3, 0.4) is 0 Å². The molecule has 1 radical (unpaired) electrons. The van der Waals surface area contributed by atoms with Gasteiger partial charge in [0.2, 0.25) is 0 Å². The standard InChI is InChI=1S/C22H29Cl2N4OS.Ir/c1-5-10-29-20-12-19(24)18(23)11-17(20)21(27-30-22(2,3)4)15-6-8-28(9-7-15)16-13-25-26-14-16;/h5,11-15,21,27H,1,6-10H2,2-4H3;/q-1;. The van der Waals surface area contributed by atoms with Gasteiger partial charge < -0.3 is 19.8 Å². The van der Waals surface area contributed by atoms with Crippen LogP contribution < -0.4 is 19.5 Å². The summed E-state index contributed by atoms with van der Waals surface area (Å²) >= 11 is 14.5. The Labute approximate surface area is 213 Å². The van der Waals surface area contributed by atoms with Crippen molar-refractivity contribution in [3.63, 3.8) is 0 Å². The number of halogens is 2. The number of nitrogens with one attached hydrogen (secondary N) is 1. The quantitative estimate of drug-likeness (QED) is 0.281. The molecule has 1 atom stereocenters. The van der Waals surface area contributed by atoms with Crippen molar-refractivity contribution in [2.45, 2.75) is 44.4 Å². The molecule has 1 N–H and O–H groups in total. The Morgan fingerprint density at radius 2 is 2.00 bits per heavy atom. The Kier molecular flexibility index (Phi) is 10.3. The minimum Gasteiger partial charge on any atom is -0.580 e. The van der Waals surface area contributed by atoms with E-state index in [0.717, 1.165) is 42.9 Å². The molecule has 1 aliphatic heterocycles. The molecule has 5 nitrogen and oxygen atoms in total. The third kappa shape index (κ3) is 7.41. The van der Waals surface area contributed by atoms with Gasteiger partial charge in [-0.3, -0.25) is 4.72 Å². The first-order valence-corrected chi connectivity index (χ1v) is 11.7. The van der Waals surface area contributed by atoms with Crippen molar-refractivity contribution in [1.82, 2.24) is 14.9 Å². The fraction of sp³-hybridized carbons (Fsp3) is 0.500. The topological polar surface area (TPSA) is 51.5 Å². The molecular formula is C22H29Cl2IrN4OS-. The van der Waals surface area contributed by atoms with Crippen molar-refractivity contribution in [2.24, 2.45) is 5.92 Å². The maximum Gasteiger partial charge on any atom is 0.126 e. The summed E-state index contributed by atoms with van der Waals surface area (Å²) in [5.74, 6) is 1.18. The molecule has 0 aliphatic carbocycles. The van der Waals surface area contributed by atoms with Crippen LogP contribution >= 0.6 is 35.1 Å². The summed E-state index contributed by atoms with van der Waals surface area (Å²) in [5.41, 5.74) is 2.13. The Morgan fingerprint density at radius 1 is 1.32 bits per heavy atom. The molecule has 31 heavy (non-hydrogen) atoms. The van der Waals surface area contributed by atoms with Crippen molar-refractivity contribution >= 4 is 40.8 Å². The van der Waals surface area contributed by atoms with Crippen LogP contribution in [0.5, 0.6) is 5.75 Å². The third-order valence-corrected chi connectivity index (χ3v) is 6.77. The first kappa shape index (κ1) is 26.6. The van der Waals surface area contributed by atoms with Crippen LogP contribution in [-0.2, 0) is 20.1 Å². The molecule has 2 aromatic rings. The molecule has 1 unspecified atom stereocenters. The van der Waals surface area contributed by atoms with E-state index in [1.165, 1.54) is 0 Å². The van der Waals surface area contributed by atoms with Gasteiger partial charge in [0.15, 0.2) is 0 Å². The summed E-state index contributed by atoms with van der Waals surface area (Å²) in [7, 11) is 0. The first-order valence-electron chi connectivity index (χ1n) is 10.1. The molecule has 2 heterocycles. The zero-order valence-electron chi connectivity index (χ0n) is 18.0. The Balaban J connectivity index is 0.00000341. The Bertz CT molecular complexity index is 837. The van der Waals surface area contributed by atoms with Gasteiger partial charge in [-0.2, -0.15) is 0 Å². The molecule has 1 fully saturated rings. The van der Waals surface area contributed by atoms with Gasteiger partial charge in [0.25, 0.3) is 0 Å². The molecule has 0 amide bonds. The Hall–Kier alpha value is -0.691. The van der Waals surface area contributed by atoms with Crippen molar-refractivity contribution in [3.8, 4) is 5.75 Å². The summed E-state index contributed by atoms with van der Waals surface area (Å²) in [6, 6.07) is 3.85. The van der Waals surface area contributed by atoms with Gasteiger partial charge in [-0.1, -0.05) is 47.8 Å². The molecule has 3 rings (SSSR count).